The summed E-state index contributed by atoms with van der Waals surface area (Å²) in [5, 5.41) is 0. The van der Waals surface area contributed by atoms with Crippen molar-refractivity contribution in [2.45, 2.75) is 6.92 Å². The number of rotatable bonds is 6. The molecule has 2 aromatic rings. The first-order chi connectivity index (χ1) is 11.5. The summed E-state index contributed by atoms with van der Waals surface area (Å²) < 4.78 is 23.6. The number of benzene rings is 2. The number of amides is 2. The highest BCUT2D eigenvalue weighted by Gasteiger charge is 2.08. The van der Waals surface area contributed by atoms with Crippen molar-refractivity contribution in [2.75, 3.05) is 13.2 Å². The van der Waals surface area contributed by atoms with E-state index in [4.69, 9.17) is 9.47 Å². The molecule has 0 unspecified atom stereocenters. The Balaban J connectivity index is 1.68. The quantitative estimate of drug-likeness (QED) is 0.790. The van der Waals surface area contributed by atoms with E-state index in [0.29, 0.717) is 5.75 Å². The van der Waals surface area contributed by atoms with Gasteiger partial charge in [0.1, 0.15) is 5.75 Å². The molecule has 2 rings (SSSR count). The van der Waals surface area contributed by atoms with E-state index in [9.17, 15) is 14.0 Å². The van der Waals surface area contributed by atoms with E-state index >= 15 is 0 Å². The maximum Gasteiger partial charge on any atom is 0.276 e. The van der Waals surface area contributed by atoms with Crippen molar-refractivity contribution in [3.63, 3.8) is 0 Å². The lowest BCUT2D eigenvalue weighted by Gasteiger charge is -2.10. The molecule has 0 heterocycles. The molecule has 6 nitrogen and oxygen atoms in total. The van der Waals surface area contributed by atoms with Crippen molar-refractivity contribution < 1.29 is 23.5 Å². The molecule has 2 aromatic carbocycles. The van der Waals surface area contributed by atoms with Crippen LogP contribution in [-0.4, -0.2) is 25.0 Å². The molecule has 0 radical (unpaired) electrons. The molecule has 7 heteroatoms. The second-order valence-electron chi connectivity index (χ2n) is 4.92. The molecule has 0 aliphatic carbocycles. The van der Waals surface area contributed by atoms with Crippen LogP contribution in [0.2, 0.25) is 0 Å². The Morgan fingerprint density at radius 1 is 0.958 bits per heavy atom. The maximum atomic E-state index is 13.3. The van der Waals surface area contributed by atoms with Gasteiger partial charge in [-0.25, -0.2) is 4.39 Å². The van der Waals surface area contributed by atoms with Crippen molar-refractivity contribution in [3.8, 4) is 11.5 Å². The molecular weight excluding hydrogens is 315 g/mol. The molecule has 0 aliphatic rings. The fourth-order valence-corrected chi connectivity index (χ4v) is 1.77. The van der Waals surface area contributed by atoms with E-state index in [2.05, 4.69) is 10.9 Å². The average Bonchev–Trinajstić information content (AvgIpc) is 2.57. The summed E-state index contributed by atoms with van der Waals surface area (Å²) in [6.45, 7) is 1.22. The van der Waals surface area contributed by atoms with Crippen LogP contribution < -0.4 is 20.3 Å². The Morgan fingerprint density at radius 2 is 1.62 bits per heavy atom. The summed E-state index contributed by atoms with van der Waals surface area (Å²) in [5.41, 5.74) is 5.34. The number of carbonyl (C=O) groups excluding carboxylic acids is 2. The van der Waals surface area contributed by atoms with Crippen LogP contribution in [0.3, 0.4) is 0 Å². The summed E-state index contributed by atoms with van der Waals surface area (Å²) in [4.78, 5) is 23.1. The number of ether oxygens (including phenoxy) is 2. The van der Waals surface area contributed by atoms with Gasteiger partial charge in [-0.3, -0.25) is 20.4 Å². The molecule has 0 atom stereocenters. The molecule has 0 aliphatic heterocycles. The smallest absolute Gasteiger partial charge is 0.276 e. The lowest BCUT2D eigenvalue weighted by Crippen LogP contribution is -2.45. The maximum absolute atomic E-state index is 13.3. The van der Waals surface area contributed by atoms with Crippen LogP contribution in [0.5, 0.6) is 11.5 Å². The summed E-state index contributed by atoms with van der Waals surface area (Å²) in [6.07, 6.45) is 0. The number of para-hydroxylation sites is 1. The van der Waals surface area contributed by atoms with Gasteiger partial charge in [-0.05, 0) is 36.8 Å². The van der Waals surface area contributed by atoms with E-state index in [0.717, 1.165) is 5.56 Å². The highest BCUT2D eigenvalue weighted by atomic mass is 19.1. The van der Waals surface area contributed by atoms with Crippen molar-refractivity contribution in [3.05, 3.63) is 59.9 Å². The lowest BCUT2D eigenvalue weighted by atomic mass is 10.2. The third kappa shape index (κ3) is 5.60. The van der Waals surface area contributed by atoms with Gasteiger partial charge < -0.3 is 9.47 Å². The zero-order valence-electron chi connectivity index (χ0n) is 13.0. The molecule has 0 aromatic heterocycles. The third-order valence-corrected chi connectivity index (χ3v) is 2.90. The zero-order chi connectivity index (χ0) is 17.4. The monoisotopic (exact) mass is 332 g/mol. The molecule has 0 saturated heterocycles. The Hall–Kier alpha value is -3.09. The van der Waals surface area contributed by atoms with Gasteiger partial charge in [-0.2, -0.15) is 0 Å². The van der Waals surface area contributed by atoms with Gasteiger partial charge in [0, 0.05) is 0 Å². The minimum atomic E-state index is -0.623. The number of nitrogens with one attached hydrogen (secondary N) is 2. The molecular formula is C17H17FN2O4. The fraction of sp³-hybridized carbons (Fsp3) is 0.176. The molecule has 0 saturated carbocycles. The predicted molar refractivity (Wildman–Crippen MR) is 84.9 cm³/mol. The highest BCUT2D eigenvalue weighted by molar-refractivity contribution is 5.83. The van der Waals surface area contributed by atoms with E-state index < -0.39 is 24.2 Å². The largest absolute Gasteiger partial charge is 0.484 e. The van der Waals surface area contributed by atoms with E-state index in [-0.39, 0.29) is 12.4 Å². The number of halogens is 1. The first kappa shape index (κ1) is 17.3. The number of carbonyl (C=O) groups is 2. The Morgan fingerprint density at radius 3 is 2.29 bits per heavy atom. The van der Waals surface area contributed by atoms with Crippen molar-refractivity contribution in [1.29, 1.82) is 0 Å². The molecule has 2 amide bonds. The highest BCUT2D eigenvalue weighted by Crippen LogP contribution is 2.14. The zero-order valence-corrected chi connectivity index (χ0v) is 13.0. The van der Waals surface area contributed by atoms with Gasteiger partial charge in [-0.1, -0.05) is 24.3 Å². The topological polar surface area (TPSA) is 76.7 Å². The van der Waals surface area contributed by atoms with Gasteiger partial charge in [-0.15, -0.1) is 0 Å². The molecule has 0 fully saturated rings. The second kappa shape index (κ2) is 8.52. The number of hydrogen-bond donors (Lipinski definition) is 2. The Bertz CT molecular complexity index is 721. The van der Waals surface area contributed by atoms with Gasteiger partial charge in [0.15, 0.2) is 24.8 Å². The standard InChI is InChI=1S/C17H17FN2O4/c1-12-5-4-6-13(9-12)23-10-16(21)19-20-17(22)11-24-15-8-3-2-7-14(15)18/h2-9H,10-11H2,1H3,(H,19,21)(H,20,22). The lowest BCUT2D eigenvalue weighted by molar-refractivity contribution is -0.131. The molecule has 2 N–H and O–H groups in total. The minimum absolute atomic E-state index is 0.0400. The van der Waals surface area contributed by atoms with Gasteiger partial charge in [0.05, 0.1) is 0 Å². The normalized spacial score (nSPS) is 9.92. The van der Waals surface area contributed by atoms with Crippen molar-refractivity contribution >= 4 is 11.8 Å². The van der Waals surface area contributed by atoms with E-state index in [1.165, 1.54) is 18.2 Å². The Labute approximate surface area is 138 Å². The van der Waals surface area contributed by atoms with Gasteiger partial charge >= 0.3 is 0 Å². The van der Waals surface area contributed by atoms with Crippen molar-refractivity contribution in [2.24, 2.45) is 0 Å². The Kier molecular flexibility index (Phi) is 6.13. The van der Waals surface area contributed by atoms with Crippen LogP contribution in [0, 0.1) is 12.7 Å². The van der Waals surface area contributed by atoms with Crippen LogP contribution >= 0.6 is 0 Å². The van der Waals surface area contributed by atoms with E-state index in [1.807, 2.05) is 19.1 Å². The summed E-state index contributed by atoms with van der Waals surface area (Å²) in [6, 6.07) is 12.9. The third-order valence-electron chi connectivity index (χ3n) is 2.90. The number of hydrogen-bond acceptors (Lipinski definition) is 4. The van der Waals surface area contributed by atoms with Crippen LogP contribution in [0.4, 0.5) is 4.39 Å². The summed E-state index contributed by atoms with van der Waals surface area (Å²) >= 11 is 0. The number of hydrazine groups is 1. The average molecular weight is 332 g/mol. The van der Waals surface area contributed by atoms with E-state index in [1.54, 1.807) is 18.2 Å². The van der Waals surface area contributed by atoms with Crippen LogP contribution in [-0.2, 0) is 9.59 Å². The van der Waals surface area contributed by atoms with Crippen molar-refractivity contribution in [1.82, 2.24) is 10.9 Å². The van der Waals surface area contributed by atoms with Gasteiger partial charge in [0.25, 0.3) is 11.8 Å². The van der Waals surface area contributed by atoms with Crippen LogP contribution in [0.1, 0.15) is 5.56 Å². The summed E-state index contributed by atoms with van der Waals surface area (Å²) in [7, 11) is 0. The van der Waals surface area contributed by atoms with Crippen LogP contribution in [0.25, 0.3) is 0 Å². The first-order valence-corrected chi connectivity index (χ1v) is 7.19. The van der Waals surface area contributed by atoms with Crippen LogP contribution in [0.15, 0.2) is 48.5 Å². The molecule has 24 heavy (non-hydrogen) atoms. The van der Waals surface area contributed by atoms with Gasteiger partial charge in [0.2, 0.25) is 0 Å². The fourth-order valence-electron chi connectivity index (χ4n) is 1.77. The molecule has 126 valence electrons. The SMILES string of the molecule is Cc1cccc(OCC(=O)NNC(=O)COc2ccccc2F)c1. The summed E-state index contributed by atoms with van der Waals surface area (Å²) in [5.74, 6) is -1.21. The molecule has 0 bridgehead atoms. The first-order valence-electron chi connectivity index (χ1n) is 7.19. The minimum Gasteiger partial charge on any atom is -0.484 e. The predicted octanol–water partition coefficient (Wildman–Crippen LogP) is 1.74. The molecule has 0 spiro atoms. The second-order valence-corrected chi connectivity index (χ2v) is 4.92. The number of aryl methyl sites for hydroxylation is 1.